The quantitative estimate of drug-likeness (QED) is 0.718. The van der Waals surface area contributed by atoms with E-state index in [1.54, 1.807) is 0 Å². The second-order valence-electron chi connectivity index (χ2n) is 3.57. The summed E-state index contributed by atoms with van der Waals surface area (Å²) in [4.78, 5) is 11.2. The van der Waals surface area contributed by atoms with Gasteiger partial charge in [0.2, 0.25) is 0 Å². The highest BCUT2D eigenvalue weighted by atomic mass is 35.5. The molecule has 1 atom stereocenters. The third-order valence-electron chi connectivity index (χ3n) is 2.19. The molecule has 0 aliphatic carbocycles. The highest BCUT2D eigenvalue weighted by Gasteiger charge is 2.11. The van der Waals surface area contributed by atoms with E-state index in [9.17, 15) is 14.3 Å². The summed E-state index contributed by atoms with van der Waals surface area (Å²) in [6, 6.07) is 3.56. The van der Waals surface area contributed by atoms with Crippen molar-refractivity contribution in [2.45, 2.75) is 6.10 Å². The molecule has 0 saturated carbocycles. The van der Waals surface area contributed by atoms with Crippen LogP contribution >= 0.6 is 11.6 Å². The van der Waals surface area contributed by atoms with Crippen molar-refractivity contribution in [2.24, 2.45) is 0 Å². The van der Waals surface area contributed by atoms with Gasteiger partial charge >= 0.3 is 6.03 Å². The number of halogens is 2. The van der Waals surface area contributed by atoms with Crippen LogP contribution in [0.15, 0.2) is 30.9 Å². The molecule has 0 spiro atoms. The lowest BCUT2D eigenvalue weighted by atomic mass is 10.1. The third kappa shape index (κ3) is 4.35. The number of carbonyl (C=O) groups excluding carboxylic acids is 1. The molecule has 1 rings (SSSR count). The van der Waals surface area contributed by atoms with Crippen molar-refractivity contribution in [3.05, 3.63) is 47.3 Å². The Morgan fingerprint density at radius 3 is 2.89 bits per heavy atom. The molecule has 0 bridgehead atoms. The molecule has 1 aromatic rings. The number of hydrogen-bond acceptors (Lipinski definition) is 2. The molecular weight excluding hydrogens is 259 g/mol. The molecule has 0 fully saturated rings. The normalized spacial score (nSPS) is 11.7. The Morgan fingerprint density at radius 1 is 1.56 bits per heavy atom. The summed E-state index contributed by atoms with van der Waals surface area (Å²) in [5, 5.41) is 14.7. The first-order chi connectivity index (χ1) is 8.54. The van der Waals surface area contributed by atoms with Crippen LogP contribution in [0.4, 0.5) is 9.18 Å². The van der Waals surface area contributed by atoms with E-state index < -0.39 is 18.0 Å². The van der Waals surface area contributed by atoms with Gasteiger partial charge in [0.1, 0.15) is 5.82 Å². The van der Waals surface area contributed by atoms with E-state index in [2.05, 4.69) is 17.2 Å². The summed E-state index contributed by atoms with van der Waals surface area (Å²) < 4.78 is 13.2. The van der Waals surface area contributed by atoms with Crippen LogP contribution in [0.2, 0.25) is 5.02 Å². The van der Waals surface area contributed by atoms with E-state index in [-0.39, 0.29) is 11.6 Å². The van der Waals surface area contributed by atoms with Crippen molar-refractivity contribution >= 4 is 17.6 Å². The number of rotatable bonds is 5. The number of nitrogens with one attached hydrogen (secondary N) is 2. The molecule has 4 nitrogen and oxygen atoms in total. The van der Waals surface area contributed by atoms with Gasteiger partial charge in [0, 0.05) is 13.1 Å². The summed E-state index contributed by atoms with van der Waals surface area (Å²) in [6.07, 6.45) is 0.538. The van der Waals surface area contributed by atoms with Gasteiger partial charge in [0.25, 0.3) is 0 Å². The van der Waals surface area contributed by atoms with E-state index in [0.717, 1.165) is 6.07 Å². The minimum atomic E-state index is -0.994. The van der Waals surface area contributed by atoms with Crippen LogP contribution in [-0.4, -0.2) is 24.2 Å². The molecule has 3 N–H and O–H groups in total. The fourth-order valence-electron chi connectivity index (χ4n) is 1.25. The summed E-state index contributed by atoms with van der Waals surface area (Å²) in [7, 11) is 0. The Hall–Kier alpha value is -1.59. The molecule has 0 heterocycles. The summed E-state index contributed by atoms with van der Waals surface area (Å²) in [5.74, 6) is -0.607. The van der Waals surface area contributed by atoms with Crippen LogP contribution in [0.1, 0.15) is 11.7 Å². The number of hydrogen-bond donors (Lipinski definition) is 3. The van der Waals surface area contributed by atoms with Gasteiger partial charge in [0.05, 0.1) is 11.1 Å². The predicted molar refractivity (Wildman–Crippen MR) is 68.0 cm³/mol. The lowest BCUT2D eigenvalue weighted by molar-refractivity contribution is 0.173. The third-order valence-corrected chi connectivity index (χ3v) is 2.50. The first-order valence-corrected chi connectivity index (χ1v) is 5.68. The molecule has 2 amide bonds. The zero-order valence-corrected chi connectivity index (χ0v) is 10.4. The Labute approximate surface area is 109 Å². The molecule has 0 saturated heterocycles. The minimum absolute atomic E-state index is 0.0114. The maximum absolute atomic E-state index is 13.2. The zero-order chi connectivity index (χ0) is 13.5. The molecule has 0 aliphatic heterocycles. The van der Waals surface area contributed by atoms with E-state index in [0.29, 0.717) is 12.1 Å². The van der Waals surface area contributed by atoms with Gasteiger partial charge in [-0.2, -0.15) is 0 Å². The Kier molecular flexibility index (Phi) is 5.61. The minimum Gasteiger partial charge on any atom is -0.387 e. The molecule has 0 radical (unpaired) electrons. The van der Waals surface area contributed by atoms with Crippen molar-refractivity contribution in [1.82, 2.24) is 10.6 Å². The van der Waals surface area contributed by atoms with Gasteiger partial charge in [-0.15, -0.1) is 6.58 Å². The van der Waals surface area contributed by atoms with Crippen molar-refractivity contribution in [3.8, 4) is 0 Å². The number of aliphatic hydroxyl groups excluding tert-OH is 1. The molecule has 1 unspecified atom stereocenters. The topological polar surface area (TPSA) is 61.4 Å². The first kappa shape index (κ1) is 14.5. The Bertz CT molecular complexity index is 440. The standard InChI is InChI=1S/C12H14ClFN2O2/c1-2-5-15-12(18)16-7-11(17)8-3-4-9(13)10(14)6-8/h2-4,6,11,17H,1,5,7H2,(H2,15,16,18). The van der Waals surface area contributed by atoms with Gasteiger partial charge < -0.3 is 15.7 Å². The van der Waals surface area contributed by atoms with Gasteiger partial charge in [-0.1, -0.05) is 23.7 Å². The highest BCUT2D eigenvalue weighted by molar-refractivity contribution is 6.30. The van der Waals surface area contributed by atoms with Crippen LogP contribution in [0.3, 0.4) is 0 Å². The van der Waals surface area contributed by atoms with Gasteiger partial charge in [-0.25, -0.2) is 9.18 Å². The SMILES string of the molecule is C=CCNC(=O)NCC(O)c1ccc(Cl)c(F)c1. The lowest BCUT2D eigenvalue weighted by Gasteiger charge is -2.12. The average Bonchev–Trinajstić information content (AvgIpc) is 2.36. The lowest BCUT2D eigenvalue weighted by Crippen LogP contribution is -2.37. The molecule has 6 heteroatoms. The number of benzene rings is 1. The molecule has 0 aromatic heterocycles. The van der Waals surface area contributed by atoms with Crippen LogP contribution in [0, 0.1) is 5.82 Å². The summed E-state index contributed by atoms with van der Waals surface area (Å²) >= 11 is 5.52. The summed E-state index contributed by atoms with van der Waals surface area (Å²) in [6.45, 7) is 3.75. The largest absolute Gasteiger partial charge is 0.387 e. The molecule has 1 aromatic carbocycles. The van der Waals surface area contributed by atoms with Crippen molar-refractivity contribution < 1.29 is 14.3 Å². The fraction of sp³-hybridized carbons (Fsp3) is 0.250. The van der Waals surface area contributed by atoms with Gasteiger partial charge in [-0.3, -0.25) is 0 Å². The predicted octanol–water partition coefficient (Wildman–Crippen LogP) is 2.00. The van der Waals surface area contributed by atoms with E-state index in [1.807, 2.05) is 0 Å². The van der Waals surface area contributed by atoms with Gasteiger partial charge in [0.15, 0.2) is 0 Å². The zero-order valence-electron chi connectivity index (χ0n) is 9.62. The molecule has 0 aliphatic rings. The number of carbonyl (C=O) groups is 1. The Balaban J connectivity index is 2.49. The molecule has 98 valence electrons. The smallest absolute Gasteiger partial charge is 0.315 e. The molecule has 18 heavy (non-hydrogen) atoms. The van der Waals surface area contributed by atoms with Crippen LogP contribution in [0.5, 0.6) is 0 Å². The van der Waals surface area contributed by atoms with Gasteiger partial charge in [-0.05, 0) is 17.7 Å². The number of aliphatic hydroxyl groups is 1. The average molecular weight is 273 g/mol. The van der Waals surface area contributed by atoms with Crippen LogP contribution in [-0.2, 0) is 0 Å². The van der Waals surface area contributed by atoms with E-state index in [4.69, 9.17) is 11.6 Å². The van der Waals surface area contributed by atoms with Crippen molar-refractivity contribution in [3.63, 3.8) is 0 Å². The highest BCUT2D eigenvalue weighted by Crippen LogP contribution is 2.19. The monoisotopic (exact) mass is 272 g/mol. The maximum atomic E-state index is 13.2. The summed E-state index contributed by atoms with van der Waals surface area (Å²) in [5.41, 5.74) is 0.348. The van der Waals surface area contributed by atoms with E-state index in [1.165, 1.54) is 18.2 Å². The first-order valence-electron chi connectivity index (χ1n) is 5.30. The number of amides is 2. The maximum Gasteiger partial charge on any atom is 0.315 e. The van der Waals surface area contributed by atoms with Crippen LogP contribution in [0.25, 0.3) is 0 Å². The second kappa shape index (κ2) is 6.98. The van der Waals surface area contributed by atoms with Crippen molar-refractivity contribution in [1.29, 1.82) is 0 Å². The molecular formula is C12H14ClFN2O2. The van der Waals surface area contributed by atoms with E-state index >= 15 is 0 Å². The fourth-order valence-corrected chi connectivity index (χ4v) is 1.37. The van der Waals surface area contributed by atoms with Crippen LogP contribution < -0.4 is 10.6 Å². The second-order valence-corrected chi connectivity index (χ2v) is 3.98. The Morgan fingerprint density at radius 2 is 2.28 bits per heavy atom. The number of urea groups is 1. The van der Waals surface area contributed by atoms with Crippen molar-refractivity contribution in [2.75, 3.05) is 13.1 Å².